The van der Waals surface area contributed by atoms with Crippen molar-refractivity contribution in [2.75, 3.05) is 6.54 Å². The Bertz CT molecular complexity index is 539. The van der Waals surface area contributed by atoms with E-state index in [0.29, 0.717) is 5.89 Å². The molecule has 0 aliphatic heterocycles. The van der Waals surface area contributed by atoms with Crippen LogP contribution in [0.25, 0.3) is 0 Å². The van der Waals surface area contributed by atoms with Crippen molar-refractivity contribution in [3.05, 3.63) is 41.5 Å². The van der Waals surface area contributed by atoms with Crippen molar-refractivity contribution in [1.82, 2.24) is 15.5 Å². The Morgan fingerprint density at radius 2 is 2.20 bits per heavy atom. The zero-order chi connectivity index (χ0) is 14.4. The summed E-state index contributed by atoms with van der Waals surface area (Å²) in [6.45, 7) is 8.10. The Balaban J connectivity index is 1.92. The summed E-state index contributed by atoms with van der Waals surface area (Å²) in [4.78, 5) is 5.62. The van der Waals surface area contributed by atoms with E-state index in [1.54, 1.807) is 11.8 Å². The van der Waals surface area contributed by atoms with Crippen LogP contribution in [0.5, 0.6) is 0 Å². The maximum atomic E-state index is 5.21. The molecule has 20 heavy (non-hydrogen) atoms. The number of thioether (sulfide) groups is 1. The Kier molecular flexibility index (Phi) is 5.61. The summed E-state index contributed by atoms with van der Waals surface area (Å²) >= 11 is 1.73. The molecule has 0 radical (unpaired) electrons. The van der Waals surface area contributed by atoms with E-state index in [2.05, 4.69) is 60.5 Å². The molecule has 2 rings (SSSR count). The van der Waals surface area contributed by atoms with Crippen molar-refractivity contribution >= 4 is 11.8 Å². The molecule has 0 aliphatic carbocycles. The highest BCUT2D eigenvalue weighted by atomic mass is 32.2. The lowest BCUT2D eigenvalue weighted by atomic mass is 10.2. The van der Waals surface area contributed by atoms with Crippen molar-refractivity contribution in [3.63, 3.8) is 0 Å². The first-order chi connectivity index (χ1) is 9.69. The molecular weight excluding hydrogens is 270 g/mol. The summed E-state index contributed by atoms with van der Waals surface area (Å²) in [6, 6.07) is 8.54. The summed E-state index contributed by atoms with van der Waals surface area (Å²) in [7, 11) is 0. The van der Waals surface area contributed by atoms with Crippen molar-refractivity contribution in [2.24, 2.45) is 0 Å². The van der Waals surface area contributed by atoms with E-state index >= 15 is 0 Å². The Morgan fingerprint density at radius 1 is 1.35 bits per heavy atom. The molecule has 2 aromatic rings. The molecule has 0 atom stereocenters. The van der Waals surface area contributed by atoms with Gasteiger partial charge >= 0.3 is 0 Å². The molecule has 1 N–H and O–H groups in total. The molecule has 0 unspecified atom stereocenters. The van der Waals surface area contributed by atoms with E-state index in [1.165, 1.54) is 10.5 Å². The van der Waals surface area contributed by atoms with E-state index in [0.717, 1.165) is 24.7 Å². The lowest BCUT2D eigenvalue weighted by Gasteiger charge is -2.04. The van der Waals surface area contributed by atoms with Crippen molar-refractivity contribution in [2.45, 2.75) is 43.9 Å². The monoisotopic (exact) mass is 291 g/mol. The molecule has 5 heteroatoms. The van der Waals surface area contributed by atoms with Gasteiger partial charge in [-0.3, -0.25) is 0 Å². The lowest BCUT2D eigenvalue weighted by Crippen LogP contribution is -2.11. The van der Waals surface area contributed by atoms with Gasteiger partial charge in [0.05, 0.1) is 5.75 Å². The van der Waals surface area contributed by atoms with E-state index in [4.69, 9.17) is 4.52 Å². The van der Waals surface area contributed by atoms with Crippen LogP contribution in [0.15, 0.2) is 33.7 Å². The van der Waals surface area contributed by atoms with E-state index < -0.39 is 0 Å². The van der Waals surface area contributed by atoms with Gasteiger partial charge in [0.1, 0.15) is 0 Å². The van der Waals surface area contributed by atoms with E-state index in [9.17, 15) is 0 Å². The molecule has 0 amide bonds. The number of aromatic nitrogens is 2. The highest BCUT2D eigenvalue weighted by molar-refractivity contribution is 7.98. The normalized spacial score (nSPS) is 11.2. The average Bonchev–Trinajstić information content (AvgIpc) is 2.92. The highest BCUT2D eigenvalue weighted by Crippen LogP contribution is 2.23. The number of benzene rings is 1. The van der Waals surface area contributed by atoms with Gasteiger partial charge in [-0.25, -0.2) is 0 Å². The van der Waals surface area contributed by atoms with Crippen molar-refractivity contribution in [3.8, 4) is 0 Å². The predicted molar refractivity (Wildman–Crippen MR) is 81.8 cm³/mol. The molecule has 4 nitrogen and oxygen atoms in total. The van der Waals surface area contributed by atoms with Gasteiger partial charge in [-0.05, 0) is 24.2 Å². The quantitative estimate of drug-likeness (QED) is 0.790. The fourth-order valence-electron chi connectivity index (χ4n) is 1.72. The van der Waals surface area contributed by atoms with Crippen LogP contribution in [-0.4, -0.2) is 16.7 Å². The second-order valence-electron chi connectivity index (χ2n) is 4.92. The van der Waals surface area contributed by atoms with Crippen LogP contribution in [0.4, 0.5) is 0 Å². The van der Waals surface area contributed by atoms with Gasteiger partial charge in [0.2, 0.25) is 5.89 Å². The fraction of sp³-hybridized carbons (Fsp3) is 0.467. The van der Waals surface area contributed by atoms with Crippen LogP contribution >= 0.6 is 11.8 Å². The average molecular weight is 291 g/mol. The number of nitrogens with zero attached hydrogens (tertiary/aromatic N) is 2. The third-order valence-electron chi connectivity index (χ3n) is 2.82. The highest BCUT2D eigenvalue weighted by Gasteiger charge is 2.10. The second-order valence-corrected chi connectivity index (χ2v) is 5.97. The van der Waals surface area contributed by atoms with Crippen LogP contribution in [-0.2, 0) is 12.3 Å². The van der Waals surface area contributed by atoms with Crippen LogP contribution in [0.2, 0.25) is 0 Å². The summed E-state index contributed by atoms with van der Waals surface area (Å²) < 4.78 is 5.21. The van der Waals surface area contributed by atoms with Crippen LogP contribution in [0.3, 0.4) is 0 Å². The summed E-state index contributed by atoms with van der Waals surface area (Å²) in [6.07, 6.45) is 0. The molecule has 0 fully saturated rings. The zero-order valence-electron chi connectivity index (χ0n) is 12.2. The molecule has 108 valence electrons. The second kappa shape index (κ2) is 7.45. The molecule has 0 saturated carbocycles. The van der Waals surface area contributed by atoms with Crippen LogP contribution < -0.4 is 5.32 Å². The molecule has 0 aliphatic rings. The van der Waals surface area contributed by atoms with Gasteiger partial charge in [0.15, 0.2) is 5.82 Å². The van der Waals surface area contributed by atoms with Gasteiger partial charge in [0.25, 0.3) is 0 Å². The number of hydrogen-bond donors (Lipinski definition) is 1. The minimum absolute atomic E-state index is 0.282. The number of rotatable bonds is 7. The predicted octanol–water partition coefficient (Wildman–Crippen LogP) is 3.59. The summed E-state index contributed by atoms with van der Waals surface area (Å²) in [5.74, 6) is 2.49. The van der Waals surface area contributed by atoms with Crippen LogP contribution in [0.1, 0.15) is 44.0 Å². The topological polar surface area (TPSA) is 51.0 Å². The first-order valence-corrected chi connectivity index (χ1v) is 7.92. The molecule has 1 aromatic carbocycles. The molecular formula is C15H21N3OS. The molecule has 0 spiro atoms. The Morgan fingerprint density at radius 3 is 2.90 bits per heavy atom. The third kappa shape index (κ3) is 4.35. The fourth-order valence-corrected chi connectivity index (χ4v) is 2.55. The zero-order valence-corrected chi connectivity index (χ0v) is 13.0. The maximum absolute atomic E-state index is 5.21. The van der Waals surface area contributed by atoms with Crippen LogP contribution in [0, 0.1) is 0 Å². The SMILES string of the molecule is CCNCc1cccc(SCc2noc(C(C)C)n2)c1. The first-order valence-electron chi connectivity index (χ1n) is 6.94. The van der Waals surface area contributed by atoms with Gasteiger partial charge < -0.3 is 9.84 Å². The van der Waals surface area contributed by atoms with Crippen molar-refractivity contribution in [1.29, 1.82) is 0 Å². The van der Waals surface area contributed by atoms with Gasteiger partial charge in [0, 0.05) is 17.4 Å². The maximum Gasteiger partial charge on any atom is 0.229 e. The minimum atomic E-state index is 0.282. The van der Waals surface area contributed by atoms with Crippen molar-refractivity contribution < 1.29 is 4.52 Å². The van der Waals surface area contributed by atoms with Gasteiger partial charge in [-0.2, -0.15) is 4.98 Å². The van der Waals surface area contributed by atoms with E-state index in [1.807, 2.05) is 0 Å². The summed E-state index contributed by atoms with van der Waals surface area (Å²) in [5.41, 5.74) is 1.30. The third-order valence-corrected chi connectivity index (χ3v) is 3.81. The molecule has 0 bridgehead atoms. The molecule has 0 saturated heterocycles. The molecule has 1 heterocycles. The first kappa shape index (κ1) is 15.1. The Labute approximate surface area is 124 Å². The lowest BCUT2D eigenvalue weighted by molar-refractivity contribution is 0.362. The van der Waals surface area contributed by atoms with Gasteiger partial charge in [-0.1, -0.05) is 38.1 Å². The van der Waals surface area contributed by atoms with E-state index in [-0.39, 0.29) is 5.92 Å². The number of nitrogens with one attached hydrogen (secondary N) is 1. The largest absolute Gasteiger partial charge is 0.339 e. The number of hydrogen-bond acceptors (Lipinski definition) is 5. The standard InChI is InChI=1S/C15H21N3OS/c1-4-16-9-12-6-5-7-13(8-12)20-10-14-17-15(11(2)3)19-18-14/h5-8,11,16H,4,9-10H2,1-3H3. The summed E-state index contributed by atoms with van der Waals surface area (Å²) in [5, 5.41) is 7.34. The smallest absolute Gasteiger partial charge is 0.229 e. The van der Waals surface area contributed by atoms with Gasteiger partial charge in [-0.15, -0.1) is 11.8 Å². The molecule has 1 aromatic heterocycles. The minimum Gasteiger partial charge on any atom is -0.339 e. The Hall–Kier alpha value is -1.33.